The number of carboxylic acids is 1. The molecule has 0 saturated heterocycles. The number of anilines is 1. The Hall–Kier alpha value is -1.36. The molecular weight excluding hydrogens is 286 g/mol. The van der Waals surface area contributed by atoms with Gasteiger partial charge in [-0.2, -0.15) is 0 Å². The molecule has 92 valence electrons. The third kappa shape index (κ3) is 4.19. The molecule has 5 heteroatoms. The summed E-state index contributed by atoms with van der Waals surface area (Å²) in [5.41, 5.74) is -0.295. The van der Waals surface area contributed by atoms with Crippen molar-refractivity contribution in [3.05, 3.63) is 28.7 Å². The van der Waals surface area contributed by atoms with Crippen molar-refractivity contribution in [2.24, 2.45) is 5.41 Å². The standard InChI is InChI=1S/C12H14BrNO3/c1-12(2,7-10(15)16)11(17)14-9-5-3-4-8(13)6-9/h3-6H,7H2,1-2H3,(H,14,17)(H,15,16). The van der Waals surface area contributed by atoms with Gasteiger partial charge in [-0.1, -0.05) is 35.8 Å². The van der Waals surface area contributed by atoms with E-state index in [9.17, 15) is 9.59 Å². The highest BCUT2D eigenvalue weighted by Gasteiger charge is 2.30. The number of aliphatic carboxylic acids is 1. The van der Waals surface area contributed by atoms with Gasteiger partial charge in [0.15, 0.2) is 0 Å². The van der Waals surface area contributed by atoms with E-state index in [2.05, 4.69) is 21.2 Å². The molecule has 0 aliphatic heterocycles. The first kappa shape index (κ1) is 13.7. The van der Waals surface area contributed by atoms with Gasteiger partial charge in [0.2, 0.25) is 5.91 Å². The van der Waals surface area contributed by atoms with Gasteiger partial charge in [0.1, 0.15) is 0 Å². The molecule has 0 aliphatic carbocycles. The van der Waals surface area contributed by atoms with Crippen molar-refractivity contribution in [2.75, 3.05) is 5.32 Å². The molecule has 2 N–H and O–H groups in total. The molecular formula is C12H14BrNO3. The van der Waals surface area contributed by atoms with Gasteiger partial charge < -0.3 is 10.4 Å². The maximum absolute atomic E-state index is 11.9. The third-order valence-corrected chi connectivity index (χ3v) is 2.78. The Kier molecular flexibility index (Phi) is 4.28. The Morgan fingerprint density at radius 1 is 1.41 bits per heavy atom. The number of amides is 1. The van der Waals surface area contributed by atoms with Crippen LogP contribution >= 0.6 is 15.9 Å². The van der Waals surface area contributed by atoms with Gasteiger partial charge in [0, 0.05) is 10.2 Å². The summed E-state index contributed by atoms with van der Waals surface area (Å²) < 4.78 is 0.853. The molecule has 0 bridgehead atoms. The highest BCUT2D eigenvalue weighted by Crippen LogP contribution is 2.24. The highest BCUT2D eigenvalue weighted by molar-refractivity contribution is 9.10. The van der Waals surface area contributed by atoms with Crippen LogP contribution in [0.5, 0.6) is 0 Å². The lowest BCUT2D eigenvalue weighted by Crippen LogP contribution is -2.32. The zero-order valence-corrected chi connectivity index (χ0v) is 11.2. The second kappa shape index (κ2) is 5.31. The Morgan fingerprint density at radius 3 is 2.59 bits per heavy atom. The number of halogens is 1. The molecule has 0 aromatic heterocycles. The number of rotatable bonds is 4. The predicted octanol–water partition coefficient (Wildman–Crippen LogP) is 2.89. The summed E-state index contributed by atoms with van der Waals surface area (Å²) in [6.45, 7) is 3.21. The lowest BCUT2D eigenvalue weighted by atomic mass is 9.88. The van der Waals surface area contributed by atoms with E-state index >= 15 is 0 Å². The molecule has 0 atom stereocenters. The lowest BCUT2D eigenvalue weighted by molar-refractivity contribution is -0.142. The fourth-order valence-electron chi connectivity index (χ4n) is 1.32. The Balaban J connectivity index is 2.75. The maximum Gasteiger partial charge on any atom is 0.304 e. The van der Waals surface area contributed by atoms with Crippen LogP contribution < -0.4 is 5.32 Å². The summed E-state index contributed by atoms with van der Waals surface area (Å²) in [7, 11) is 0. The smallest absolute Gasteiger partial charge is 0.304 e. The topological polar surface area (TPSA) is 66.4 Å². The van der Waals surface area contributed by atoms with E-state index in [1.54, 1.807) is 32.0 Å². The van der Waals surface area contributed by atoms with Gasteiger partial charge in [0.25, 0.3) is 0 Å². The van der Waals surface area contributed by atoms with Crippen molar-refractivity contribution in [2.45, 2.75) is 20.3 Å². The number of hydrogen-bond acceptors (Lipinski definition) is 2. The van der Waals surface area contributed by atoms with Crippen molar-refractivity contribution in [1.29, 1.82) is 0 Å². The van der Waals surface area contributed by atoms with Gasteiger partial charge in [-0.15, -0.1) is 0 Å². The molecule has 0 fully saturated rings. The van der Waals surface area contributed by atoms with E-state index in [0.29, 0.717) is 5.69 Å². The van der Waals surface area contributed by atoms with E-state index in [1.807, 2.05) is 6.07 Å². The number of nitrogens with one attached hydrogen (secondary N) is 1. The molecule has 0 heterocycles. The van der Waals surface area contributed by atoms with E-state index in [-0.39, 0.29) is 12.3 Å². The van der Waals surface area contributed by atoms with Gasteiger partial charge >= 0.3 is 5.97 Å². The molecule has 4 nitrogen and oxygen atoms in total. The van der Waals surface area contributed by atoms with Crippen LogP contribution in [0.25, 0.3) is 0 Å². The summed E-state index contributed by atoms with van der Waals surface area (Å²) >= 11 is 3.30. The fraction of sp³-hybridized carbons (Fsp3) is 0.333. The van der Waals surface area contributed by atoms with Gasteiger partial charge in [-0.25, -0.2) is 0 Å². The second-order valence-corrected chi connectivity index (χ2v) is 5.33. The van der Waals surface area contributed by atoms with Crippen LogP contribution in [0.1, 0.15) is 20.3 Å². The number of carboxylic acid groups (broad SMARTS) is 1. The molecule has 1 aromatic carbocycles. The summed E-state index contributed by atoms with van der Waals surface area (Å²) in [6, 6.07) is 7.15. The summed E-state index contributed by atoms with van der Waals surface area (Å²) in [5.74, 6) is -1.29. The second-order valence-electron chi connectivity index (χ2n) is 4.42. The minimum atomic E-state index is -0.987. The van der Waals surface area contributed by atoms with Crippen LogP contribution in [0.4, 0.5) is 5.69 Å². The number of hydrogen-bond donors (Lipinski definition) is 2. The SMILES string of the molecule is CC(C)(CC(=O)O)C(=O)Nc1cccc(Br)c1. The van der Waals surface area contributed by atoms with Gasteiger partial charge in [-0.3, -0.25) is 9.59 Å². The van der Waals surface area contributed by atoms with E-state index in [4.69, 9.17) is 5.11 Å². The van der Waals surface area contributed by atoms with Crippen LogP contribution in [0, 0.1) is 5.41 Å². The lowest BCUT2D eigenvalue weighted by Gasteiger charge is -2.21. The van der Waals surface area contributed by atoms with Crippen LogP contribution in [-0.4, -0.2) is 17.0 Å². The third-order valence-electron chi connectivity index (χ3n) is 2.29. The summed E-state index contributed by atoms with van der Waals surface area (Å²) in [4.78, 5) is 22.5. The fourth-order valence-corrected chi connectivity index (χ4v) is 1.72. The van der Waals surface area contributed by atoms with Crippen LogP contribution in [0.2, 0.25) is 0 Å². The van der Waals surface area contributed by atoms with Crippen molar-refractivity contribution < 1.29 is 14.7 Å². The number of benzene rings is 1. The zero-order valence-electron chi connectivity index (χ0n) is 9.66. The molecule has 0 unspecified atom stereocenters. The van der Waals surface area contributed by atoms with Gasteiger partial charge in [0.05, 0.1) is 11.8 Å². The van der Waals surface area contributed by atoms with Gasteiger partial charge in [-0.05, 0) is 18.2 Å². The minimum Gasteiger partial charge on any atom is -0.481 e. The molecule has 0 aliphatic rings. The molecule has 1 rings (SSSR count). The number of carbonyl (C=O) groups is 2. The van der Waals surface area contributed by atoms with Crippen LogP contribution in [-0.2, 0) is 9.59 Å². The largest absolute Gasteiger partial charge is 0.481 e. The Labute approximate surface area is 108 Å². The van der Waals surface area contributed by atoms with E-state index in [1.165, 1.54) is 0 Å². The normalized spacial score (nSPS) is 11.0. The average Bonchev–Trinajstić information content (AvgIpc) is 2.15. The first-order valence-electron chi connectivity index (χ1n) is 5.10. The highest BCUT2D eigenvalue weighted by atomic mass is 79.9. The quantitative estimate of drug-likeness (QED) is 0.898. The van der Waals surface area contributed by atoms with Crippen molar-refractivity contribution >= 4 is 33.5 Å². The molecule has 0 saturated carbocycles. The van der Waals surface area contributed by atoms with Crippen molar-refractivity contribution in [1.82, 2.24) is 0 Å². The molecule has 0 spiro atoms. The van der Waals surface area contributed by atoms with Crippen molar-refractivity contribution in [3.8, 4) is 0 Å². The monoisotopic (exact) mass is 299 g/mol. The molecule has 1 amide bonds. The molecule has 0 radical (unpaired) electrons. The summed E-state index contributed by atoms with van der Waals surface area (Å²) in [6.07, 6.45) is -0.202. The maximum atomic E-state index is 11.9. The molecule has 1 aromatic rings. The zero-order chi connectivity index (χ0) is 13.1. The minimum absolute atomic E-state index is 0.202. The van der Waals surface area contributed by atoms with E-state index < -0.39 is 11.4 Å². The van der Waals surface area contributed by atoms with Crippen LogP contribution in [0.15, 0.2) is 28.7 Å². The Bertz CT molecular complexity index is 443. The first-order chi connectivity index (χ1) is 7.81. The predicted molar refractivity (Wildman–Crippen MR) is 68.8 cm³/mol. The number of carbonyl (C=O) groups excluding carboxylic acids is 1. The van der Waals surface area contributed by atoms with E-state index in [0.717, 1.165) is 4.47 Å². The molecule has 17 heavy (non-hydrogen) atoms. The Morgan fingerprint density at radius 2 is 2.06 bits per heavy atom. The summed E-state index contributed by atoms with van der Waals surface area (Å²) in [5, 5.41) is 11.4. The average molecular weight is 300 g/mol. The van der Waals surface area contributed by atoms with Crippen molar-refractivity contribution in [3.63, 3.8) is 0 Å². The van der Waals surface area contributed by atoms with Crippen LogP contribution in [0.3, 0.4) is 0 Å². The first-order valence-corrected chi connectivity index (χ1v) is 5.89.